The zero-order valence-corrected chi connectivity index (χ0v) is 8.27. The van der Waals surface area contributed by atoms with Gasteiger partial charge in [0.05, 0.1) is 6.10 Å². The lowest BCUT2D eigenvalue weighted by Gasteiger charge is -2.09. The SMILES string of the molecule is CC(=O)CC(O)CCCC(N)C(=O)O. The summed E-state index contributed by atoms with van der Waals surface area (Å²) in [6, 6.07) is -0.875. The van der Waals surface area contributed by atoms with Crippen molar-refractivity contribution in [1.82, 2.24) is 0 Å². The van der Waals surface area contributed by atoms with Crippen molar-refractivity contribution in [1.29, 1.82) is 0 Å². The molecule has 14 heavy (non-hydrogen) atoms. The lowest BCUT2D eigenvalue weighted by atomic mass is 10.0. The van der Waals surface area contributed by atoms with Gasteiger partial charge in [0, 0.05) is 6.42 Å². The molecule has 0 rings (SSSR count). The highest BCUT2D eigenvalue weighted by Gasteiger charge is 2.12. The average Bonchev–Trinajstić information content (AvgIpc) is 2.02. The van der Waals surface area contributed by atoms with E-state index < -0.39 is 18.1 Å². The van der Waals surface area contributed by atoms with E-state index in [1.807, 2.05) is 0 Å². The first kappa shape index (κ1) is 13.1. The van der Waals surface area contributed by atoms with E-state index in [1.165, 1.54) is 6.92 Å². The molecule has 0 aliphatic carbocycles. The van der Waals surface area contributed by atoms with Crippen LogP contribution < -0.4 is 5.73 Å². The molecule has 0 radical (unpaired) electrons. The summed E-state index contributed by atoms with van der Waals surface area (Å²) in [7, 11) is 0. The fraction of sp³-hybridized carbons (Fsp3) is 0.778. The molecule has 0 aliphatic rings. The smallest absolute Gasteiger partial charge is 0.320 e. The maximum Gasteiger partial charge on any atom is 0.320 e. The van der Waals surface area contributed by atoms with Crippen molar-refractivity contribution < 1.29 is 19.8 Å². The molecule has 5 nitrogen and oxygen atoms in total. The highest BCUT2D eigenvalue weighted by molar-refractivity contribution is 5.75. The molecule has 2 unspecified atom stereocenters. The van der Waals surface area contributed by atoms with Crippen LogP contribution in [-0.4, -0.2) is 34.1 Å². The molecule has 0 aromatic carbocycles. The van der Waals surface area contributed by atoms with Gasteiger partial charge in [0.15, 0.2) is 0 Å². The third-order valence-electron chi connectivity index (χ3n) is 1.89. The largest absolute Gasteiger partial charge is 0.480 e. The number of carboxylic acid groups (broad SMARTS) is 1. The monoisotopic (exact) mass is 203 g/mol. The molecule has 0 saturated carbocycles. The Morgan fingerprint density at radius 2 is 1.93 bits per heavy atom. The second kappa shape index (κ2) is 6.50. The second-order valence-corrected chi connectivity index (χ2v) is 3.44. The summed E-state index contributed by atoms with van der Waals surface area (Å²) in [6.45, 7) is 1.41. The van der Waals surface area contributed by atoms with E-state index in [4.69, 9.17) is 10.8 Å². The van der Waals surface area contributed by atoms with Crippen molar-refractivity contribution in [2.24, 2.45) is 5.73 Å². The summed E-state index contributed by atoms with van der Waals surface area (Å²) in [6.07, 6.45) is 0.711. The molecule has 0 saturated heterocycles. The number of carbonyl (C=O) groups excluding carboxylic acids is 1. The maximum absolute atomic E-state index is 10.6. The van der Waals surface area contributed by atoms with Crippen molar-refractivity contribution in [3.05, 3.63) is 0 Å². The molecule has 0 amide bonds. The van der Waals surface area contributed by atoms with Gasteiger partial charge in [-0.2, -0.15) is 0 Å². The first-order valence-corrected chi connectivity index (χ1v) is 4.59. The van der Waals surface area contributed by atoms with Gasteiger partial charge in [0.25, 0.3) is 0 Å². The van der Waals surface area contributed by atoms with Gasteiger partial charge < -0.3 is 15.9 Å². The van der Waals surface area contributed by atoms with E-state index in [9.17, 15) is 14.7 Å². The van der Waals surface area contributed by atoms with Crippen LogP contribution in [-0.2, 0) is 9.59 Å². The van der Waals surface area contributed by atoms with E-state index in [0.29, 0.717) is 19.3 Å². The summed E-state index contributed by atoms with van der Waals surface area (Å²) < 4.78 is 0. The average molecular weight is 203 g/mol. The number of hydrogen-bond acceptors (Lipinski definition) is 4. The van der Waals surface area contributed by atoms with Gasteiger partial charge in [0.1, 0.15) is 11.8 Å². The summed E-state index contributed by atoms with van der Waals surface area (Å²) in [5.41, 5.74) is 5.26. The first-order valence-electron chi connectivity index (χ1n) is 4.59. The minimum atomic E-state index is -1.04. The van der Waals surface area contributed by atoms with Gasteiger partial charge in [-0.1, -0.05) is 0 Å². The fourth-order valence-electron chi connectivity index (χ4n) is 1.13. The Hall–Kier alpha value is -0.940. The predicted molar refractivity (Wildman–Crippen MR) is 50.8 cm³/mol. The Morgan fingerprint density at radius 1 is 1.36 bits per heavy atom. The van der Waals surface area contributed by atoms with Crippen LogP contribution in [0.2, 0.25) is 0 Å². The van der Waals surface area contributed by atoms with Crippen LogP contribution in [0.4, 0.5) is 0 Å². The molecule has 0 aliphatic heterocycles. The van der Waals surface area contributed by atoms with Crippen molar-refractivity contribution in [3.8, 4) is 0 Å². The Morgan fingerprint density at radius 3 is 2.36 bits per heavy atom. The highest BCUT2D eigenvalue weighted by Crippen LogP contribution is 2.06. The number of Topliss-reactive ketones (excluding diaryl/α,β-unsaturated/α-hetero) is 1. The van der Waals surface area contributed by atoms with Gasteiger partial charge in [-0.15, -0.1) is 0 Å². The van der Waals surface area contributed by atoms with Crippen molar-refractivity contribution in [3.63, 3.8) is 0 Å². The number of nitrogens with two attached hydrogens (primary N) is 1. The first-order chi connectivity index (χ1) is 6.43. The second-order valence-electron chi connectivity index (χ2n) is 3.44. The molecule has 0 fully saturated rings. The van der Waals surface area contributed by atoms with Crippen LogP contribution in [0, 0.1) is 0 Å². The Labute approximate surface area is 82.9 Å². The van der Waals surface area contributed by atoms with Crippen LogP contribution in [0.3, 0.4) is 0 Å². The number of aliphatic carboxylic acids is 1. The van der Waals surface area contributed by atoms with E-state index in [0.717, 1.165) is 0 Å². The van der Waals surface area contributed by atoms with E-state index in [1.54, 1.807) is 0 Å². The quantitative estimate of drug-likeness (QED) is 0.536. The molecular weight excluding hydrogens is 186 g/mol. The fourth-order valence-corrected chi connectivity index (χ4v) is 1.13. The van der Waals surface area contributed by atoms with Crippen LogP contribution in [0.1, 0.15) is 32.6 Å². The number of aliphatic hydroxyl groups is 1. The summed E-state index contributed by atoms with van der Waals surface area (Å²) in [5.74, 6) is -1.11. The number of aliphatic hydroxyl groups excluding tert-OH is 1. The molecule has 2 atom stereocenters. The summed E-state index contributed by atoms with van der Waals surface area (Å²) >= 11 is 0. The number of hydrogen-bond donors (Lipinski definition) is 3. The number of rotatable bonds is 7. The number of carboxylic acids is 1. The molecule has 82 valence electrons. The summed E-state index contributed by atoms with van der Waals surface area (Å²) in [5, 5.41) is 17.7. The molecule has 0 heterocycles. The molecule has 5 heteroatoms. The lowest BCUT2D eigenvalue weighted by molar-refractivity contribution is -0.138. The molecule has 4 N–H and O–H groups in total. The predicted octanol–water partition coefficient (Wildman–Crippen LogP) is -0.0914. The van der Waals surface area contributed by atoms with Crippen molar-refractivity contribution >= 4 is 11.8 Å². The number of ketones is 1. The Bertz CT molecular complexity index is 205. The Balaban J connectivity index is 3.53. The van der Waals surface area contributed by atoms with Gasteiger partial charge in [0.2, 0.25) is 0 Å². The summed E-state index contributed by atoms with van der Waals surface area (Å²) in [4.78, 5) is 20.9. The van der Waals surface area contributed by atoms with Crippen LogP contribution in [0.25, 0.3) is 0 Å². The molecule has 0 bridgehead atoms. The van der Waals surface area contributed by atoms with Crippen LogP contribution >= 0.6 is 0 Å². The lowest BCUT2D eigenvalue weighted by Crippen LogP contribution is -2.30. The van der Waals surface area contributed by atoms with Crippen LogP contribution in [0.5, 0.6) is 0 Å². The van der Waals surface area contributed by atoms with E-state index in [2.05, 4.69) is 0 Å². The zero-order valence-electron chi connectivity index (χ0n) is 8.27. The third kappa shape index (κ3) is 6.56. The minimum absolute atomic E-state index is 0.0694. The topological polar surface area (TPSA) is 101 Å². The zero-order chi connectivity index (χ0) is 11.1. The highest BCUT2D eigenvalue weighted by atomic mass is 16.4. The molecule has 0 aromatic rings. The number of carbonyl (C=O) groups is 2. The normalized spacial score (nSPS) is 14.8. The van der Waals surface area contributed by atoms with E-state index >= 15 is 0 Å². The van der Waals surface area contributed by atoms with Gasteiger partial charge in [-0.25, -0.2) is 0 Å². The molecule has 0 spiro atoms. The standard InChI is InChI=1S/C9H17NO4/c1-6(11)5-7(12)3-2-4-8(10)9(13)14/h7-8,12H,2-5,10H2,1H3,(H,13,14). The maximum atomic E-state index is 10.6. The minimum Gasteiger partial charge on any atom is -0.480 e. The molecular formula is C9H17NO4. The van der Waals surface area contributed by atoms with Gasteiger partial charge in [-0.3, -0.25) is 9.59 Å². The van der Waals surface area contributed by atoms with Crippen LogP contribution in [0.15, 0.2) is 0 Å². The van der Waals surface area contributed by atoms with E-state index in [-0.39, 0.29) is 12.2 Å². The van der Waals surface area contributed by atoms with Crippen molar-refractivity contribution in [2.75, 3.05) is 0 Å². The van der Waals surface area contributed by atoms with Gasteiger partial charge in [-0.05, 0) is 26.2 Å². The van der Waals surface area contributed by atoms with Gasteiger partial charge >= 0.3 is 5.97 Å². The van der Waals surface area contributed by atoms with Crippen molar-refractivity contribution in [2.45, 2.75) is 44.8 Å². The third-order valence-corrected chi connectivity index (χ3v) is 1.89. The molecule has 0 aromatic heterocycles. The Kier molecular flexibility index (Phi) is 6.07.